The normalized spacial score (nSPS) is 21.2. The molecule has 2 nitrogen and oxygen atoms in total. The van der Waals surface area contributed by atoms with Gasteiger partial charge in [-0.2, -0.15) is 0 Å². The number of likely N-dealkylation sites (N-methyl/N-ethyl adjacent to an activating group) is 1. The number of rotatable bonds is 5. The van der Waals surface area contributed by atoms with Gasteiger partial charge in [-0.25, -0.2) is 0 Å². The summed E-state index contributed by atoms with van der Waals surface area (Å²) in [7, 11) is 2.10. The lowest BCUT2D eigenvalue weighted by Gasteiger charge is -2.32. The second kappa shape index (κ2) is 6.93. The van der Waals surface area contributed by atoms with Crippen LogP contribution in [0.25, 0.3) is 0 Å². The molecular formula is C19H32N2. The van der Waals surface area contributed by atoms with Gasteiger partial charge in [0.25, 0.3) is 0 Å². The molecule has 21 heavy (non-hydrogen) atoms. The van der Waals surface area contributed by atoms with Crippen molar-refractivity contribution in [2.75, 3.05) is 20.1 Å². The number of hydrogen-bond donors (Lipinski definition) is 1. The quantitative estimate of drug-likeness (QED) is 0.881. The number of hydrogen-bond acceptors (Lipinski definition) is 2. The predicted molar refractivity (Wildman–Crippen MR) is 91.9 cm³/mol. The molecule has 0 spiro atoms. The van der Waals surface area contributed by atoms with E-state index in [4.69, 9.17) is 0 Å². The molecule has 2 atom stereocenters. The highest BCUT2D eigenvalue weighted by Crippen LogP contribution is 2.29. The maximum Gasteiger partial charge on any atom is 0.0452 e. The lowest BCUT2D eigenvalue weighted by molar-refractivity contribution is 0.188. The molecule has 1 heterocycles. The standard InChI is InChI=1S/C19H32N2/c1-13(2)18-8-7-9-21(18)12-17(20-6)19-15(4)10-14(3)11-16(19)5/h10-11,13,17-18,20H,7-9,12H2,1-6H3. The van der Waals surface area contributed by atoms with Gasteiger partial charge in [-0.1, -0.05) is 31.5 Å². The SMILES string of the molecule is CNC(CN1CCCC1C(C)C)c1c(C)cc(C)cc1C. The number of likely N-dealkylation sites (tertiary alicyclic amines) is 1. The molecule has 1 N–H and O–H groups in total. The van der Waals surface area contributed by atoms with E-state index in [1.54, 1.807) is 0 Å². The topological polar surface area (TPSA) is 15.3 Å². The first-order chi connectivity index (χ1) is 9.93. The second-order valence-corrected chi connectivity index (χ2v) is 7.10. The van der Waals surface area contributed by atoms with Crippen LogP contribution in [0.1, 0.15) is 55.0 Å². The van der Waals surface area contributed by atoms with Gasteiger partial charge in [0.05, 0.1) is 0 Å². The van der Waals surface area contributed by atoms with Gasteiger partial charge >= 0.3 is 0 Å². The molecule has 0 amide bonds. The zero-order chi connectivity index (χ0) is 15.6. The third-order valence-electron chi connectivity index (χ3n) is 5.04. The predicted octanol–water partition coefficient (Wildman–Crippen LogP) is 3.99. The van der Waals surface area contributed by atoms with Crippen molar-refractivity contribution < 1.29 is 0 Å². The Morgan fingerprint density at radius 3 is 2.33 bits per heavy atom. The van der Waals surface area contributed by atoms with Crippen molar-refractivity contribution in [2.24, 2.45) is 5.92 Å². The Morgan fingerprint density at radius 1 is 1.19 bits per heavy atom. The van der Waals surface area contributed by atoms with Crippen molar-refractivity contribution in [1.29, 1.82) is 0 Å². The summed E-state index contributed by atoms with van der Waals surface area (Å²) in [4.78, 5) is 2.70. The fraction of sp³-hybridized carbons (Fsp3) is 0.684. The minimum absolute atomic E-state index is 0.435. The molecule has 1 aliphatic heterocycles. The van der Waals surface area contributed by atoms with Crippen LogP contribution in [0.3, 0.4) is 0 Å². The van der Waals surface area contributed by atoms with E-state index in [0.29, 0.717) is 6.04 Å². The van der Waals surface area contributed by atoms with Gasteiger partial charge in [0.1, 0.15) is 0 Å². The van der Waals surface area contributed by atoms with Crippen molar-refractivity contribution >= 4 is 0 Å². The van der Waals surface area contributed by atoms with E-state index in [9.17, 15) is 0 Å². The largest absolute Gasteiger partial charge is 0.312 e. The number of aryl methyl sites for hydroxylation is 3. The van der Waals surface area contributed by atoms with Gasteiger partial charge in [0.15, 0.2) is 0 Å². The van der Waals surface area contributed by atoms with Crippen molar-refractivity contribution in [3.8, 4) is 0 Å². The zero-order valence-electron chi connectivity index (χ0n) is 14.7. The number of benzene rings is 1. The summed E-state index contributed by atoms with van der Waals surface area (Å²) in [5.41, 5.74) is 5.71. The van der Waals surface area contributed by atoms with Crippen molar-refractivity contribution in [3.05, 3.63) is 34.4 Å². The Hall–Kier alpha value is -0.860. The van der Waals surface area contributed by atoms with Gasteiger partial charge in [-0.3, -0.25) is 4.90 Å². The van der Waals surface area contributed by atoms with Crippen LogP contribution in [0.2, 0.25) is 0 Å². The third-order valence-corrected chi connectivity index (χ3v) is 5.04. The van der Waals surface area contributed by atoms with E-state index in [0.717, 1.165) is 18.5 Å². The molecular weight excluding hydrogens is 256 g/mol. The van der Waals surface area contributed by atoms with Crippen LogP contribution in [-0.2, 0) is 0 Å². The molecule has 0 aromatic heterocycles. The van der Waals surface area contributed by atoms with Crippen LogP contribution in [-0.4, -0.2) is 31.1 Å². The second-order valence-electron chi connectivity index (χ2n) is 7.10. The minimum atomic E-state index is 0.435. The molecule has 0 saturated carbocycles. The average Bonchev–Trinajstić information content (AvgIpc) is 2.84. The smallest absolute Gasteiger partial charge is 0.0452 e. The highest BCUT2D eigenvalue weighted by molar-refractivity contribution is 5.39. The first-order valence-electron chi connectivity index (χ1n) is 8.43. The molecule has 1 saturated heterocycles. The Labute approximate surface area is 130 Å². The first-order valence-corrected chi connectivity index (χ1v) is 8.43. The minimum Gasteiger partial charge on any atom is -0.312 e. The Kier molecular flexibility index (Phi) is 5.45. The summed E-state index contributed by atoms with van der Waals surface area (Å²) in [6.45, 7) is 13.8. The summed E-state index contributed by atoms with van der Waals surface area (Å²) < 4.78 is 0. The summed E-state index contributed by atoms with van der Waals surface area (Å²) in [6, 6.07) is 5.82. The van der Waals surface area contributed by atoms with E-state index in [-0.39, 0.29) is 0 Å². The Balaban J connectivity index is 2.21. The van der Waals surface area contributed by atoms with Crippen LogP contribution in [0.5, 0.6) is 0 Å². The first kappa shape index (κ1) is 16.5. The molecule has 1 aliphatic rings. The molecule has 2 heteroatoms. The highest BCUT2D eigenvalue weighted by Gasteiger charge is 2.29. The van der Waals surface area contributed by atoms with E-state index in [2.05, 4.69) is 64.0 Å². The van der Waals surface area contributed by atoms with Crippen molar-refractivity contribution in [1.82, 2.24) is 10.2 Å². The summed E-state index contributed by atoms with van der Waals surface area (Å²) in [6.07, 6.45) is 2.71. The lowest BCUT2D eigenvalue weighted by Crippen LogP contribution is -2.39. The third kappa shape index (κ3) is 3.67. The Bertz CT molecular complexity index is 455. The van der Waals surface area contributed by atoms with E-state index >= 15 is 0 Å². The molecule has 118 valence electrons. The fourth-order valence-electron chi connectivity index (χ4n) is 4.14. The summed E-state index contributed by atoms with van der Waals surface area (Å²) >= 11 is 0. The molecule has 2 rings (SSSR count). The highest BCUT2D eigenvalue weighted by atomic mass is 15.2. The van der Waals surface area contributed by atoms with Crippen LogP contribution >= 0.6 is 0 Å². The van der Waals surface area contributed by atoms with Gasteiger partial charge < -0.3 is 5.32 Å². The molecule has 0 radical (unpaired) electrons. The van der Waals surface area contributed by atoms with Crippen LogP contribution in [0, 0.1) is 26.7 Å². The monoisotopic (exact) mass is 288 g/mol. The van der Waals surface area contributed by atoms with Crippen LogP contribution in [0.4, 0.5) is 0 Å². The molecule has 1 aromatic rings. The van der Waals surface area contributed by atoms with Crippen LogP contribution in [0.15, 0.2) is 12.1 Å². The summed E-state index contributed by atoms with van der Waals surface area (Å²) in [5.74, 6) is 0.755. The van der Waals surface area contributed by atoms with Gasteiger partial charge in [0.2, 0.25) is 0 Å². The molecule has 2 unspecified atom stereocenters. The van der Waals surface area contributed by atoms with Crippen LogP contribution < -0.4 is 5.32 Å². The van der Waals surface area contributed by atoms with Gasteiger partial charge in [0, 0.05) is 18.6 Å². The van der Waals surface area contributed by atoms with E-state index in [1.165, 1.54) is 41.6 Å². The fourth-order valence-corrected chi connectivity index (χ4v) is 4.14. The molecule has 1 aromatic carbocycles. The molecule has 1 fully saturated rings. The van der Waals surface area contributed by atoms with Gasteiger partial charge in [-0.05, 0) is 69.8 Å². The van der Waals surface area contributed by atoms with Crippen molar-refractivity contribution in [3.63, 3.8) is 0 Å². The number of nitrogens with zero attached hydrogens (tertiary/aromatic N) is 1. The maximum absolute atomic E-state index is 3.56. The van der Waals surface area contributed by atoms with E-state index in [1.807, 2.05) is 0 Å². The van der Waals surface area contributed by atoms with E-state index < -0.39 is 0 Å². The summed E-state index contributed by atoms with van der Waals surface area (Å²) in [5, 5.41) is 3.56. The van der Waals surface area contributed by atoms with Gasteiger partial charge in [-0.15, -0.1) is 0 Å². The average molecular weight is 288 g/mol. The Morgan fingerprint density at radius 2 is 1.81 bits per heavy atom. The molecule has 0 bridgehead atoms. The van der Waals surface area contributed by atoms with Crippen molar-refractivity contribution in [2.45, 2.75) is 59.5 Å². The maximum atomic E-state index is 3.56. The number of nitrogens with one attached hydrogen (secondary N) is 1. The zero-order valence-corrected chi connectivity index (χ0v) is 14.7. The lowest BCUT2D eigenvalue weighted by atomic mass is 9.93. The molecule has 0 aliphatic carbocycles.